The van der Waals surface area contributed by atoms with E-state index in [0.717, 1.165) is 56.9 Å². The monoisotopic (exact) mass is 437 g/mol. The molecular weight excluding hydrogens is 402 g/mol. The Hall–Kier alpha value is -2.67. The topological polar surface area (TPSA) is 94.1 Å². The Bertz CT molecular complexity index is 979. The number of aromatic nitrogens is 2. The second kappa shape index (κ2) is 10.3. The third kappa shape index (κ3) is 5.38. The molecule has 2 fully saturated rings. The van der Waals surface area contributed by atoms with Gasteiger partial charge in [0.1, 0.15) is 23.0 Å². The van der Waals surface area contributed by atoms with Gasteiger partial charge in [-0.1, -0.05) is 31.4 Å². The van der Waals surface area contributed by atoms with Gasteiger partial charge in [0.25, 0.3) is 5.56 Å². The molecule has 1 aromatic carbocycles. The van der Waals surface area contributed by atoms with Crippen LogP contribution in [-0.2, 0) is 6.54 Å². The maximum atomic E-state index is 12.9. The highest BCUT2D eigenvalue weighted by molar-refractivity contribution is 6.00. The van der Waals surface area contributed by atoms with Crippen molar-refractivity contribution in [2.75, 3.05) is 25.5 Å². The van der Waals surface area contributed by atoms with Crippen LogP contribution in [0.1, 0.15) is 74.7 Å². The molecular formula is C25H35N5O2. The number of H-pyrrole nitrogens is 1. The first kappa shape index (κ1) is 22.5. The van der Waals surface area contributed by atoms with Gasteiger partial charge in [-0.25, -0.2) is 4.98 Å². The highest BCUT2D eigenvalue weighted by Gasteiger charge is 2.26. The van der Waals surface area contributed by atoms with E-state index >= 15 is 0 Å². The molecule has 1 aliphatic carbocycles. The van der Waals surface area contributed by atoms with E-state index in [-0.39, 0.29) is 17.2 Å². The van der Waals surface area contributed by atoms with Crippen LogP contribution in [0.25, 0.3) is 0 Å². The van der Waals surface area contributed by atoms with Gasteiger partial charge in [-0.3, -0.25) is 9.69 Å². The lowest BCUT2D eigenvalue weighted by atomic mass is 9.95. The molecule has 1 unspecified atom stereocenters. The van der Waals surface area contributed by atoms with Gasteiger partial charge in [-0.15, -0.1) is 0 Å². The molecule has 7 heteroatoms. The van der Waals surface area contributed by atoms with E-state index in [2.05, 4.69) is 27.3 Å². The molecule has 172 valence electrons. The summed E-state index contributed by atoms with van der Waals surface area (Å²) in [7, 11) is 1.68. The van der Waals surface area contributed by atoms with Crippen LogP contribution in [0.5, 0.6) is 5.75 Å². The molecule has 1 aromatic heterocycles. The molecule has 4 rings (SSSR count). The first-order valence-electron chi connectivity index (χ1n) is 11.8. The minimum Gasteiger partial charge on any atom is -0.497 e. The number of methoxy groups -OCH3 is 1. The van der Waals surface area contributed by atoms with E-state index in [0.29, 0.717) is 17.4 Å². The fourth-order valence-electron chi connectivity index (χ4n) is 4.99. The standard InChI is InChI=1S/C25H35N5O2/c1-17(26)22-24(27-20-8-4-3-5-9-20)28-23(29-25(22)31)19-7-6-14-30(16-19)15-18-10-12-21(32-2)13-11-18/h10-13,19-20,26H,3-9,14-16H2,1-2H3,(H2,27,28,29,31). The van der Waals surface area contributed by atoms with Gasteiger partial charge in [0.15, 0.2) is 0 Å². The van der Waals surface area contributed by atoms with Gasteiger partial charge < -0.3 is 20.4 Å². The minimum absolute atomic E-state index is 0.182. The number of hydrogen-bond acceptors (Lipinski definition) is 6. The fraction of sp³-hybridized carbons (Fsp3) is 0.560. The zero-order valence-electron chi connectivity index (χ0n) is 19.2. The lowest BCUT2D eigenvalue weighted by molar-refractivity contribution is 0.196. The van der Waals surface area contributed by atoms with Crippen LogP contribution in [-0.4, -0.2) is 46.8 Å². The van der Waals surface area contributed by atoms with Crippen molar-refractivity contribution in [3.05, 3.63) is 51.6 Å². The van der Waals surface area contributed by atoms with E-state index in [1.165, 1.54) is 24.8 Å². The van der Waals surface area contributed by atoms with Gasteiger partial charge in [0.2, 0.25) is 0 Å². The third-order valence-corrected chi connectivity index (χ3v) is 6.72. The summed E-state index contributed by atoms with van der Waals surface area (Å²) in [6, 6.07) is 8.55. The van der Waals surface area contributed by atoms with Crippen molar-refractivity contribution >= 4 is 11.5 Å². The van der Waals surface area contributed by atoms with Gasteiger partial charge >= 0.3 is 0 Å². The summed E-state index contributed by atoms with van der Waals surface area (Å²) in [5.74, 6) is 2.39. The molecule has 7 nitrogen and oxygen atoms in total. The van der Waals surface area contributed by atoms with Gasteiger partial charge in [0.05, 0.1) is 7.11 Å². The molecule has 2 heterocycles. The van der Waals surface area contributed by atoms with Crippen LogP contribution in [0, 0.1) is 5.41 Å². The smallest absolute Gasteiger partial charge is 0.262 e. The maximum Gasteiger partial charge on any atom is 0.262 e. The number of rotatable bonds is 7. The summed E-state index contributed by atoms with van der Waals surface area (Å²) in [4.78, 5) is 23.2. The number of nitrogens with one attached hydrogen (secondary N) is 3. The first-order chi connectivity index (χ1) is 15.5. The molecule has 2 aliphatic rings. The van der Waals surface area contributed by atoms with Crippen molar-refractivity contribution in [2.45, 2.75) is 70.4 Å². The van der Waals surface area contributed by atoms with Crippen LogP contribution in [0.2, 0.25) is 0 Å². The van der Waals surface area contributed by atoms with Crippen molar-refractivity contribution in [1.82, 2.24) is 14.9 Å². The first-order valence-corrected chi connectivity index (χ1v) is 11.8. The number of aromatic amines is 1. The molecule has 1 aliphatic heterocycles. The van der Waals surface area contributed by atoms with Crippen molar-refractivity contribution in [1.29, 1.82) is 5.41 Å². The summed E-state index contributed by atoms with van der Waals surface area (Å²) in [6.45, 7) is 4.43. The van der Waals surface area contributed by atoms with Crippen molar-refractivity contribution < 1.29 is 4.74 Å². The molecule has 0 spiro atoms. The van der Waals surface area contributed by atoms with E-state index in [1.54, 1.807) is 14.0 Å². The Morgan fingerprint density at radius 1 is 1.19 bits per heavy atom. The maximum absolute atomic E-state index is 12.9. The lowest BCUT2D eigenvalue weighted by Gasteiger charge is -2.32. The van der Waals surface area contributed by atoms with Gasteiger partial charge in [0, 0.05) is 30.8 Å². The summed E-state index contributed by atoms with van der Waals surface area (Å²) in [5.41, 5.74) is 1.69. The molecule has 0 amide bonds. The summed E-state index contributed by atoms with van der Waals surface area (Å²) in [5, 5.41) is 11.6. The predicted molar refractivity (Wildman–Crippen MR) is 128 cm³/mol. The Kier molecular flexibility index (Phi) is 7.25. The summed E-state index contributed by atoms with van der Waals surface area (Å²) in [6.07, 6.45) is 7.95. The molecule has 32 heavy (non-hydrogen) atoms. The summed E-state index contributed by atoms with van der Waals surface area (Å²) >= 11 is 0. The lowest BCUT2D eigenvalue weighted by Crippen LogP contribution is -2.36. The van der Waals surface area contributed by atoms with Crippen molar-refractivity contribution in [2.24, 2.45) is 0 Å². The Labute approximate surface area is 190 Å². The average molecular weight is 438 g/mol. The molecule has 1 atom stereocenters. The third-order valence-electron chi connectivity index (χ3n) is 6.72. The van der Waals surface area contributed by atoms with Gasteiger partial charge in [-0.2, -0.15) is 0 Å². The van der Waals surface area contributed by atoms with Gasteiger partial charge in [-0.05, 0) is 56.8 Å². The molecule has 2 aromatic rings. The second-order valence-corrected chi connectivity index (χ2v) is 9.20. The SMILES string of the molecule is COc1ccc(CN2CCCC(c3nc(NC4CCCCC4)c(C(C)=N)c(=O)[nH]3)C2)cc1. The van der Waals surface area contributed by atoms with Crippen LogP contribution >= 0.6 is 0 Å². The molecule has 1 saturated carbocycles. The van der Waals surface area contributed by atoms with E-state index in [4.69, 9.17) is 15.1 Å². The molecule has 0 bridgehead atoms. The summed E-state index contributed by atoms with van der Waals surface area (Å²) < 4.78 is 5.26. The number of nitrogens with zero attached hydrogens (tertiary/aromatic N) is 2. The number of likely N-dealkylation sites (tertiary alicyclic amines) is 1. The number of benzene rings is 1. The quantitative estimate of drug-likeness (QED) is 0.562. The molecule has 3 N–H and O–H groups in total. The number of anilines is 1. The van der Waals surface area contributed by atoms with Crippen LogP contribution in [0.3, 0.4) is 0 Å². The molecule has 1 saturated heterocycles. The number of ether oxygens (including phenoxy) is 1. The zero-order valence-corrected chi connectivity index (χ0v) is 19.2. The minimum atomic E-state index is -0.201. The van der Waals surface area contributed by atoms with E-state index < -0.39 is 0 Å². The van der Waals surface area contributed by atoms with Crippen molar-refractivity contribution in [3.8, 4) is 5.75 Å². The number of piperidine rings is 1. The normalized spacial score (nSPS) is 20.1. The predicted octanol–water partition coefficient (Wildman–Crippen LogP) is 4.29. The highest BCUT2D eigenvalue weighted by Crippen LogP contribution is 2.28. The van der Waals surface area contributed by atoms with Crippen LogP contribution in [0.4, 0.5) is 5.82 Å². The van der Waals surface area contributed by atoms with Crippen molar-refractivity contribution in [3.63, 3.8) is 0 Å². The van der Waals surface area contributed by atoms with E-state index in [1.807, 2.05) is 12.1 Å². The second-order valence-electron chi connectivity index (χ2n) is 9.20. The molecule has 0 radical (unpaired) electrons. The zero-order chi connectivity index (χ0) is 22.5. The Morgan fingerprint density at radius 3 is 2.62 bits per heavy atom. The van der Waals surface area contributed by atoms with E-state index in [9.17, 15) is 4.79 Å². The van der Waals surface area contributed by atoms with Crippen LogP contribution < -0.4 is 15.6 Å². The fourth-order valence-corrected chi connectivity index (χ4v) is 4.99. The number of hydrogen-bond donors (Lipinski definition) is 3. The average Bonchev–Trinajstić information content (AvgIpc) is 2.80. The van der Waals surface area contributed by atoms with Crippen LogP contribution in [0.15, 0.2) is 29.1 Å². The Morgan fingerprint density at radius 2 is 1.94 bits per heavy atom. The highest BCUT2D eigenvalue weighted by atomic mass is 16.5. The largest absolute Gasteiger partial charge is 0.497 e. The Balaban J connectivity index is 1.52.